The summed E-state index contributed by atoms with van der Waals surface area (Å²) in [5.41, 5.74) is 13.8. The number of benzene rings is 7. The zero-order valence-corrected chi connectivity index (χ0v) is 29.5. The van der Waals surface area contributed by atoms with E-state index in [1.54, 1.807) is 0 Å². The van der Waals surface area contributed by atoms with Crippen molar-refractivity contribution in [2.24, 2.45) is 9.98 Å². The first-order valence-electron chi connectivity index (χ1n) is 17.9. The molecule has 3 nitrogen and oxygen atoms in total. The maximum absolute atomic E-state index is 5.32. The van der Waals surface area contributed by atoms with E-state index in [1.165, 1.54) is 55.1 Å². The van der Waals surface area contributed by atoms with Crippen LogP contribution in [0.2, 0.25) is 0 Å². The van der Waals surface area contributed by atoms with E-state index in [-0.39, 0.29) is 0 Å². The van der Waals surface area contributed by atoms with Crippen LogP contribution in [0.25, 0.3) is 49.9 Å². The molecule has 0 bridgehead atoms. The van der Waals surface area contributed by atoms with Gasteiger partial charge in [0.25, 0.3) is 0 Å². The van der Waals surface area contributed by atoms with Gasteiger partial charge in [-0.3, -0.25) is 4.99 Å². The van der Waals surface area contributed by atoms with E-state index >= 15 is 0 Å². The van der Waals surface area contributed by atoms with Crippen molar-refractivity contribution < 1.29 is 0 Å². The molecule has 0 fully saturated rings. The Bertz CT molecular complexity index is 2480. The highest BCUT2D eigenvalue weighted by Crippen LogP contribution is 2.46. The molecule has 0 unspecified atom stereocenters. The van der Waals surface area contributed by atoms with Crippen LogP contribution in [-0.2, 0) is 19.4 Å². The SMILES string of the molecule is C=Nc1c(/C=C\C)c(CC)c2ccccc2c1N1Cc2ccccc2N=C1c1ccc(-c2ccc3cc(-c4ccc(CC)cc4)ccc3c2)cc1. The van der Waals surface area contributed by atoms with Gasteiger partial charge < -0.3 is 4.90 Å². The lowest BCUT2D eigenvalue weighted by Crippen LogP contribution is -2.34. The topological polar surface area (TPSA) is 28.0 Å². The number of hydrogen-bond donors (Lipinski definition) is 0. The number of nitrogens with zero attached hydrogens (tertiary/aromatic N) is 3. The van der Waals surface area contributed by atoms with E-state index in [0.29, 0.717) is 6.54 Å². The predicted octanol–water partition coefficient (Wildman–Crippen LogP) is 12.9. The van der Waals surface area contributed by atoms with Gasteiger partial charge in [-0.1, -0.05) is 141 Å². The average Bonchev–Trinajstić information content (AvgIpc) is 3.19. The maximum Gasteiger partial charge on any atom is 0.141 e. The molecule has 0 saturated heterocycles. The lowest BCUT2D eigenvalue weighted by Gasteiger charge is -2.33. The van der Waals surface area contributed by atoms with Crippen molar-refractivity contribution in [3.05, 3.63) is 167 Å². The van der Waals surface area contributed by atoms with Crippen LogP contribution >= 0.6 is 0 Å². The van der Waals surface area contributed by atoms with E-state index in [0.717, 1.165) is 52.3 Å². The highest BCUT2D eigenvalue weighted by atomic mass is 15.2. The summed E-state index contributed by atoms with van der Waals surface area (Å²) in [6, 6.07) is 48.4. The number of para-hydroxylation sites is 1. The van der Waals surface area contributed by atoms with Crippen molar-refractivity contribution >= 4 is 57.2 Å². The van der Waals surface area contributed by atoms with E-state index in [1.807, 2.05) is 0 Å². The molecule has 7 aromatic rings. The van der Waals surface area contributed by atoms with Crippen molar-refractivity contribution in [1.82, 2.24) is 0 Å². The monoisotopic (exact) mass is 659 g/mol. The van der Waals surface area contributed by atoms with Crippen LogP contribution in [0.4, 0.5) is 17.1 Å². The Labute approximate surface area is 301 Å². The fraction of sp³-hybridized carbons (Fsp3) is 0.125. The smallest absolute Gasteiger partial charge is 0.141 e. The molecule has 7 aromatic carbocycles. The number of aryl methyl sites for hydroxylation is 2. The van der Waals surface area contributed by atoms with Crippen molar-refractivity contribution in [3.8, 4) is 22.3 Å². The first kappa shape index (κ1) is 32.2. The molecule has 1 aliphatic heterocycles. The third kappa shape index (κ3) is 5.85. The molecule has 248 valence electrons. The van der Waals surface area contributed by atoms with E-state index < -0.39 is 0 Å². The third-order valence-corrected chi connectivity index (χ3v) is 10.2. The molecule has 0 atom stereocenters. The van der Waals surface area contributed by atoms with Gasteiger partial charge in [-0.25, -0.2) is 4.99 Å². The molecule has 0 spiro atoms. The maximum atomic E-state index is 5.32. The molecule has 0 radical (unpaired) electrons. The zero-order valence-electron chi connectivity index (χ0n) is 29.5. The first-order valence-corrected chi connectivity index (χ1v) is 17.9. The molecule has 0 aromatic heterocycles. The molecule has 3 heteroatoms. The van der Waals surface area contributed by atoms with Crippen molar-refractivity contribution in [1.29, 1.82) is 0 Å². The summed E-state index contributed by atoms with van der Waals surface area (Å²) in [5, 5.41) is 4.87. The molecule has 1 heterocycles. The molecule has 1 aliphatic rings. The number of hydrogen-bond acceptors (Lipinski definition) is 3. The van der Waals surface area contributed by atoms with Crippen LogP contribution in [0.5, 0.6) is 0 Å². The third-order valence-electron chi connectivity index (χ3n) is 10.2. The Morgan fingerprint density at radius 2 is 1.25 bits per heavy atom. The van der Waals surface area contributed by atoms with Crippen LogP contribution in [0.3, 0.4) is 0 Å². The van der Waals surface area contributed by atoms with Crippen LogP contribution in [0, 0.1) is 0 Å². The first-order chi connectivity index (χ1) is 25.1. The second kappa shape index (κ2) is 13.7. The summed E-state index contributed by atoms with van der Waals surface area (Å²) in [6.45, 7) is 11.2. The Morgan fingerprint density at radius 3 is 1.88 bits per heavy atom. The van der Waals surface area contributed by atoms with Crippen molar-refractivity contribution in [2.45, 2.75) is 40.2 Å². The Hall–Kier alpha value is -6.06. The van der Waals surface area contributed by atoms with Crippen LogP contribution in [-0.4, -0.2) is 12.6 Å². The molecule has 0 aliphatic carbocycles. The molecule has 0 amide bonds. The fourth-order valence-electron chi connectivity index (χ4n) is 7.58. The number of fused-ring (bicyclic) bond motifs is 3. The Kier molecular flexibility index (Phi) is 8.63. The highest BCUT2D eigenvalue weighted by molar-refractivity contribution is 6.19. The number of rotatable bonds is 8. The zero-order chi connectivity index (χ0) is 34.9. The average molecular weight is 660 g/mol. The van der Waals surface area contributed by atoms with Crippen LogP contribution in [0.15, 0.2) is 150 Å². The van der Waals surface area contributed by atoms with Gasteiger partial charge in [-0.2, -0.15) is 0 Å². The number of amidine groups is 1. The summed E-state index contributed by atoms with van der Waals surface area (Å²) < 4.78 is 0. The van der Waals surface area contributed by atoms with Crippen molar-refractivity contribution in [3.63, 3.8) is 0 Å². The molecule has 8 rings (SSSR count). The minimum absolute atomic E-state index is 0.680. The van der Waals surface area contributed by atoms with Crippen LogP contribution in [0.1, 0.15) is 48.6 Å². The number of anilines is 1. The molecular weight excluding hydrogens is 619 g/mol. The van der Waals surface area contributed by atoms with Gasteiger partial charge >= 0.3 is 0 Å². The van der Waals surface area contributed by atoms with Gasteiger partial charge in [0, 0.05) is 16.5 Å². The van der Waals surface area contributed by atoms with Gasteiger partial charge in [0.2, 0.25) is 0 Å². The van der Waals surface area contributed by atoms with Gasteiger partial charge in [-0.15, -0.1) is 0 Å². The molecular formula is C48H41N3. The largest absolute Gasteiger partial charge is 0.319 e. The van der Waals surface area contributed by atoms with E-state index in [9.17, 15) is 0 Å². The quantitative estimate of drug-likeness (QED) is 0.149. The fourth-order valence-corrected chi connectivity index (χ4v) is 7.58. The van der Waals surface area contributed by atoms with E-state index in [4.69, 9.17) is 9.98 Å². The summed E-state index contributed by atoms with van der Waals surface area (Å²) >= 11 is 0. The van der Waals surface area contributed by atoms with Gasteiger partial charge in [-0.05, 0) is 99.8 Å². The normalized spacial score (nSPS) is 12.8. The summed E-state index contributed by atoms with van der Waals surface area (Å²) in [7, 11) is 0. The molecule has 51 heavy (non-hydrogen) atoms. The van der Waals surface area contributed by atoms with Crippen molar-refractivity contribution in [2.75, 3.05) is 4.90 Å². The van der Waals surface area contributed by atoms with Gasteiger partial charge in [0.05, 0.1) is 23.6 Å². The molecule has 0 saturated carbocycles. The summed E-state index contributed by atoms with van der Waals surface area (Å²) in [5.74, 6) is 0.906. The lowest BCUT2D eigenvalue weighted by atomic mass is 9.92. The standard InChI is InChI=1S/C48H41N3/c1-5-12-43-41(7-3)42-14-9-10-15-44(42)47(46(43)49-4)51-31-40-13-8-11-16-45(40)50-48(51)35-23-21-34(22-24-35)37-26-28-38-29-36(25-27-39(38)30-37)33-19-17-32(6-2)18-20-33/h5,8-30H,4,6-7,31H2,1-3H3/b12-5-. The number of aliphatic imine (C=N–C) groups is 2. The minimum atomic E-state index is 0.680. The highest BCUT2D eigenvalue weighted by Gasteiger charge is 2.28. The summed E-state index contributed by atoms with van der Waals surface area (Å²) in [6.07, 6.45) is 6.22. The van der Waals surface area contributed by atoms with Crippen LogP contribution < -0.4 is 4.90 Å². The second-order valence-corrected chi connectivity index (χ2v) is 13.2. The second-order valence-electron chi connectivity index (χ2n) is 13.2. The minimum Gasteiger partial charge on any atom is -0.319 e. The van der Waals surface area contributed by atoms with Gasteiger partial charge in [0.1, 0.15) is 5.84 Å². The summed E-state index contributed by atoms with van der Waals surface area (Å²) in [4.78, 5) is 12.4. The predicted molar refractivity (Wildman–Crippen MR) is 220 cm³/mol. The molecule has 0 N–H and O–H groups in total. The lowest BCUT2D eigenvalue weighted by molar-refractivity contribution is 0.980. The Morgan fingerprint density at radius 1 is 0.667 bits per heavy atom. The number of allylic oxidation sites excluding steroid dienone is 1. The Balaban J connectivity index is 1.20. The van der Waals surface area contributed by atoms with Gasteiger partial charge in [0.15, 0.2) is 0 Å². The van der Waals surface area contributed by atoms with E-state index in [2.05, 4.69) is 178 Å².